The Hall–Kier alpha value is -0.920. The number of carbonyl (C=O) groups is 1. The summed E-state index contributed by atoms with van der Waals surface area (Å²) in [4.78, 5) is 12.8. The van der Waals surface area contributed by atoms with Crippen LogP contribution in [-0.4, -0.2) is 51.6 Å². The Labute approximate surface area is 126 Å². The normalized spacial score (nSPS) is 17.6. The summed E-state index contributed by atoms with van der Waals surface area (Å²) in [5.74, 6) is -0.901. The summed E-state index contributed by atoms with van der Waals surface area (Å²) < 4.78 is 8.32. The van der Waals surface area contributed by atoms with Crippen molar-refractivity contribution in [1.29, 1.82) is 0 Å². The van der Waals surface area contributed by atoms with Crippen molar-refractivity contribution >= 4 is 21.9 Å². The van der Waals surface area contributed by atoms with Crippen LogP contribution in [0.5, 0.6) is 0 Å². The molecule has 0 aromatic carbocycles. The maximum Gasteiger partial charge on any atom is 0.329 e. The molecule has 7 heteroatoms. The second-order valence-corrected chi connectivity index (χ2v) is 5.94. The molecule has 0 saturated carbocycles. The van der Waals surface area contributed by atoms with Crippen LogP contribution >= 0.6 is 15.9 Å². The Balaban J connectivity index is 1.84. The van der Waals surface area contributed by atoms with E-state index in [1.165, 1.54) is 5.69 Å². The molecule has 0 aliphatic carbocycles. The largest absolute Gasteiger partial charge is 0.480 e. The lowest BCUT2D eigenvalue weighted by Crippen LogP contribution is -2.37. The molecule has 0 unspecified atom stereocenters. The fraction of sp³-hybridized carbons (Fsp3) is 0.692. The van der Waals surface area contributed by atoms with E-state index in [4.69, 9.17) is 9.84 Å². The minimum atomic E-state index is -0.901. The van der Waals surface area contributed by atoms with Gasteiger partial charge in [-0.3, -0.25) is 9.58 Å². The highest BCUT2D eigenvalue weighted by atomic mass is 79.9. The molecule has 2 rings (SSSR count). The van der Waals surface area contributed by atoms with Crippen LogP contribution in [0.4, 0.5) is 0 Å². The first-order chi connectivity index (χ1) is 9.47. The average Bonchev–Trinajstić information content (AvgIpc) is 2.64. The Bertz CT molecular complexity index is 481. The van der Waals surface area contributed by atoms with E-state index in [0.717, 1.165) is 42.6 Å². The SMILES string of the molecule is Cc1nn(C)c(CN2CCC(OCC(=O)O)CC2)c1Br. The summed E-state index contributed by atoms with van der Waals surface area (Å²) in [5.41, 5.74) is 2.18. The molecule has 1 aromatic rings. The number of aryl methyl sites for hydroxylation is 2. The summed E-state index contributed by atoms with van der Waals surface area (Å²) in [5, 5.41) is 13.0. The fourth-order valence-electron chi connectivity index (χ4n) is 2.49. The molecule has 0 bridgehead atoms. The van der Waals surface area contributed by atoms with E-state index in [9.17, 15) is 4.79 Å². The number of aromatic nitrogens is 2. The van der Waals surface area contributed by atoms with Crippen LogP contribution in [0.15, 0.2) is 4.47 Å². The highest BCUT2D eigenvalue weighted by molar-refractivity contribution is 9.10. The summed E-state index contributed by atoms with van der Waals surface area (Å²) in [6, 6.07) is 0. The van der Waals surface area contributed by atoms with Crippen molar-refractivity contribution in [2.45, 2.75) is 32.4 Å². The van der Waals surface area contributed by atoms with Gasteiger partial charge in [-0.05, 0) is 35.7 Å². The van der Waals surface area contributed by atoms with Gasteiger partial charge in [0.1, 0.15) is 6.61 Å². The molecule has 0 radical (unpaired) electrons. The third-order valence-corrected chi connectivity index (χ3v) is 4.64. The van der Waals surface area contributed by atoms with Gasteiger partial charge in [-0.1, -0.05) is 0 Å². The second kappa shape index (κ2) is 6.69. The molecule has 1 aromatic heterocycles. The zero-order valence-electron chi connectivity index (χ0n) is 11.8. The van der Waals surface area contributed by atoms with E-state index in [1.54, 1.807) is 0 Å². The Morgan fingerprint density at radius 2 is 2.15 bits per heavy atom. The summed E-state index contributed by atoms with van der Waals surface area (Å²) in [6.45, 7) is 4.47. The van der Waals surface area contributed by atoms with Crippen molar-refractivity contribution in [3.05, 3.63) is 15.9 Å². The number of likely N-dealkylation sites (tertiary alicyclic amines) is 1. The van der Waals surface area contributed by atoms with E-state index in [0.29, 0.717) is 0 Å². The van der Waals surface area contributed by atoms with E-state index < -0.39 is 5.97 Å². The molecule has 0 spiro atoms. The number of halogens is 1. The molecule has 1 aliphatic rings. The lowest BCUT2D eigenvalue weighted by Gasteiger charge is -2.31. The van der Waals surface area contributed by atoms with Crippen molar-refractivity contribution in [2.24, 2.45) is 7.05 Å². The number of nitrogens with zero attached hydrogens (tertiary/aromatic N) is 3. The van der Waals surface area contributed by atoms with Crippen LogP contribution in [0.3, 0.4) is 0 Å². The predicted octanol–water partition coefficient (Wildman–Crippen LogP) is 1.56. The maximum absolute atomic E-state index is 10.5. The van der Waals surface area contributed by atoms with Crippen molar-refractivity contribution in [1.82, 2.24) is 14.7 Å². The molecular formula is C13H20BrN3O3. The molecule has 1 saturated heterocycles. The van der Waals surface area contributed by atoms with Crippen LogP contribution < -0.4 is 0 Å². The van der Waals surface area contributed by atoms with Crippen LogP contribution in [-0.2, 0) is 23.1 Å². The van der Waals surface area contributed by atoms with Crippen molar-refractivity contribution in [3.8, 4) is 0 Å². The number of carboxylic acids is 1. The zero-order valence-corrected chi connectivity index (χ0v) is 13.4. The number of hydrogen-bond acceptors (Lipinski definition) is 4. The third-order valence-electron chi connectivity index (χ3n) is 3.61. The first-order valence-electron chi connectivity index (χ1n) is 6.71. The quantitative estimate of drug-likeness (QED) is 0.876. The summed E-state index contributed by atoms with van der Waals surface area (Å²) >= 11 is 3.58. The monoisotopic (exact) mass is 345 g/mol. The zero-order chi connectivity index (χ0) is 14.7. The molecule has 6 nitrogen and oxygen atoms in total. The minimum Gasteiger partial charge on any atom is -0.480 e. The highest BCUT2D eigenvalue weighted by Gasteiger charge is 2.22. The fourth-order valence-corrected chi connectivity index (χ4v) is 2.95. The van der Waals surface area contributed by atoms with Gasteiger partial charge in [-0.2, -0.15) is 5.10 Å². The van der Waals surface area contributed by atoms with Gasteiger partial charge >= 0.3 is 5.97 Å². The molecule has 1 aliphatic heterocycles. The van der Waals surface area contributed by atoms with Gasteiger partial charge in [0.15, 0.2) is 0 Å². The maximum atomic E-state index is 10.5. The molecule has 1 N–H and O–H groups in total. The molecular weight excluding hydrogens is 326 g/mol. The second-order valence-electron chi connectivity index (χ2n) is 5.15. The molecule has 0 atom stereocenters. The first-order valence-corrected chi connectivity index (χ1v) is 7.50. The lowest BCUT2D eigenvalue weighted by atomic mass is 10.1. The van der Waals surface area contributed by atoms with E-state index >= 15 is 0 Å². The first kappa shape index (κ1) is 15.5. The molecule has 2 heterocycles. The van der Waals surface area contributed by atoms with Crippen LogP contribution in [0, 0.1) is 6.92 Å². The van der Waals surface area contributed by atoms with Gasteiger partial charge in [0.05, 0.1) is 22.0 Å². The van der Waals surface area contributed by atoms with Crippen molar-refractivity contribution in [3.63, 3.8) is 0 Å². The number of ether oxygens (including phenoxy) is 1. The molecule has 112 valence electrons. The highest BCUT2D eigenvalue weighted by Crippen LogP contribution is 2.23. The van der Waals surface area contributed by atoms with Gasteiger partial charge in [0.2, 0.25) is 0 Å². The lowest BCUT2D eigenvalue weighted by molar-refractivity contribution is -0.145. The summed E-state index contributed by atoms with van der Waals surface area (Å²) in [7, 11) is 1.95. The summed E-state index contributed by atoms with van der Waals surface area (Å²) in [6.07, 6.45) is 1.82. The van der Waals surface area contributed by atoms with Gasteiger partial charge in [0.25, 0.3) is 0 Å². The number of hydrogen-bond donors (Lipinski definition) is 1. The van der Waals surface area contributed by atoms with E-state index in [1.807, 2.05) is 18.7 Å². The average molecular weight is 346 g/mol. The van der Waals surface area contributed by atoms with Crippen LogP contribution in [0.25, 0.3) is 0 Å². The van der Waals surface area contributed by atoms with Gasteiger partial charge < -0.3 is 9.84 Å². The Morgan fingerprint density at radius 1 is 1.50 bits per heavy atom. The molecule has 0 amide bonds. The number of rotatable bonds is 5. The van der Waals surface area contributed by atoms with Crippen LogP contribution in [0.1, 0.15) is 24.2 Å². The topological polar surface area (TPSA) is 67.6 Å². The van der Waals surface area contributed by atoms with Crippen molar-refractivity contribution < 1.29 is 14.6 Å². The smallest absolute Gasteiger partial charge is 0.329 e. The van der Waals surface area contributed by atoms with E-state index in [-0.39, 0.29) is 12.7 Å². The molecule has 1 fully saturated rings. The van der Waals surface area contributed by atoms with Gasteiger partial charge in [0, 0.05) is 26.7 Å². The van der Waals surface area contributed by atoms with E-state index in [2.05, 4.69) is 25.9 Å². The Morgan fingerprint density at radius 3 is 2.65 bits per heavy atom. The van der Waals surface area contributed by atoms with Gasteiger partial charge in [-0.25, -0.2) is 4.79 Å². The van der Waals surface area contributed by atoms with Gasteiger partial charge in [-0.15, -0.1) is 0 Å². The van der Waals surface area contributed by atoms with Crippen molar-refractivity contribution in [2.75, 3.05) is 19.7 Å². The van der Waals surface area contributed by atoms with Crippen LogP contribution in [0.2, 0.25) is 0 Å². The number of carboxylic acid groups (broad SMARTS) is 1. The Kier molecular flexibility index (Phi) is 5.17. The standard InChI is InChI=1S/C13H20BrN3O3/c1-9-13(14)11(16(2)15-9)7-17-5-3-10(4-6-17)20-8-12(18)19/h10H,3-8H2,1-2H3,(H,18,19). The number of piperidine rings is 1. The third kappa shape index (κ3) is 3.80. The molecule has 20 heavy (non-hydrogen) atoms. The minimum absolute atomic E-state index is 0.0686. The number of aliphatic carboxylic acids is 1. The predicted molar refractivity (Wildman–Crippen MR) is 77.5 cm³/mol.